The zero-order valence-electron chi connectivity index (χ0n) is 11.6. The molecule has 18 heavy (non-hydrogen) atoms. The van der Waals surface area contributed by atoms with E-state index in [-0.39, 0.29) is 0 Å². The molecule has 2 unspecified atom stereocenters. The van der Waals surface area contributed by atoms with E-state index >= 15 is 0 Å². The van der Waals surface area contributed by atoms with Crippen molar-refractivity contribution >= 4 is 11.4 Å². The molecule has 0 bridgehead atoms. The molecule has 0 aliphatic heterocycles. The second kappa shape index (κ2) is 6.62. The second-order valence-corrected chi connectivity index (χ2v) is 5.36. The van der Waals surface area contributed by atoms with E-state index in [1.54, 1.807) is 0 Å². The molecule has 3 nitrogen and oxygen atoms in total. The van der Waals surface area contributed by atoms with Crippen LogP contribution in [-0.2, 0) is 0 Å². The smallest absolute Gasteiger partial charge is 0.0549 e. The summed E-state index contributed by atoms with van der Waals surface area (Å²) in [7, 11) is 0. The number of rotatable bonds is 4. The molecule has 0 aromatic carbocycles. The van der Waals surface area contributed by atoms with Crippen molar-refractivity contribution in [2.45, 2.75) is 52.0 Å². The fourth-order valence-corrected chi connectivity index (χ4v) is 2.74. The normalized spacial score (nSPS) is 24.3. The van der Waals surface area contributed by atoms with Crippen molar-refractivity contribution in [2.24, 2.45) is 5.92 Å². The van der Waals surface area contributed by atoms with Crippen molar-refractivity contribution in [1.82, 2.24) is 4.98 Å². The molecule has 0 radical (unpaired) electrons. The van der Waals surface area contributed by atoms with E-state index in [0.29, 0.717) is 6.04 Å². The third-order valence-corrected chi connectivity index (χ3v) is 3.83. The molecule has 1 aromatic heterocycles. The Hall–Kier alpha value is -1.25. The van der Waals surface area contributed by atoms with Crippen LogP contribution in [0.2, 0.25) is 0 Å². The van der Waals surface area contributed by atoms with E-state index in [0.717, 1.165) is 23.8 Å². The zero-order valence-corrected chi connectivity index (χ0v) is 11.6. The monoisotopic (exact) mass is 247 g/mol. The molecule has 2 rings (SSSR count). The van der Waals surface area contributed by atoms with Gasteiger partial charge in [0.1, 0.15) is 0 Å². The fourth-order valence-electron chi connectivity index (χ4n) is 2.74. The highest BCUT2D eigenvalue weighted by atomic mass is 15.0. The van der Waals surface area contributed by atoms with Gasteiger partial charge in [0.05, 0.1) is 23.8 Å². The summed E-state index contributed by atoms with van der Waals surface area (Å²) in [4.78, 5) is 4.29. The third-order valence-electron chi connectivity index (χ3n) is 3.83. The van der Waals surface area contributed by atoms with Crippen LogP contribution in [0.15, 0.2) is 18.5 Å². The molecule has 1 fully saturated rings. The van der Waals surface area contributed by atoms with Crippen molar-refractivity contribution in [2.75, 3.05) is 17.2 Å². The highest BCUT2D eigenvalue weighted by Crippen LogP contribution is 2.26. The number of pyridine rings is 1. The topological polar surface area (TPSA) is 37.0 Å². The van der Waals surface area contributed by atoms with E-state index in [4.69, 9.17) is 0 Å². The molecule has 0 amide bonds. The Labute approximate surface area is 110 Å². The first-order valence-electron chi connectivity index (χ1n) is 7.25. The largest absolute Gasteiger partial charge is 0.384 e. The van der Waals surface area contributed by atoms with E-state index < -0.39 is 0 Å². The van der Waals surface area contributed by atoms with E-state index in [9.17, 15) is 0 Å². The van der Waals surface area contributed by atoms with Crippen molar-refractivity contribution in [3.63, 3.8) is 0 Å². The molecular formula is C15H25N3. The molecule has 1 aliphatic rings. The molecule has 3 heteroatoms. The predicted octanol–water partition coefficient (Wildman–Crippen LogP) is 3.89. The first kappa shape index (κ1) is 13.2. The lowest BCUT2D eigenvalue weighted by Crippen LogP contribution is -2.26. The molecule has 0 spiro atoms. The molecule has 1 saturated carbocycles. The summed E-state index contributed by atoms with van der Waals surface area (Å²) in [5.41, 5.74) is 2.25. The SMILES string of the molecule is CCNc1cncc(NC2CCCCCC2C)c1. The Bertz CT molecular complexity index is 365. The summed E-state index contributed by atoms with van der Waals surface area (Å²) in [6.45, 7) is 5.41. The minimum Gasteiger partial charge on any atom is -0.384 e. The Kier molecular flexibility index (Phi) is 4.85. The predicted molar refractivity (Wildman–Crippen MR) is 78.1 cm³/mol. The van der Waals surface area contributed by atoms with Crippen molar-refractivity contribution < 1.29 is 0 Å². The van der Waals surface area contributed by atoms with Gasteiger partial charge in [0, 0.05) is 12.6 Å². The van der Waals surface area contributed by atoms with Gasteiger partial charge in [0.15, 0.2) is 0 Å². The maximum atomic E-state index is 4.29. The molecule has 2 N–H and O–H groups in total. The minimum absolute atomic E-state index is 0.603. The third kappa shape index (κ3) is 3.62. The maximum absolute atomic E-state index is 4.29. The summed E-state index contributed by atoms with van der Waals surface area (Å²) >= 11 is 0. The average molecular weight is 247 g/mol. The fraction of sp³-hybridized carbons (Fsp3) is 0.667. The van der Waals surface area contributed by atoms with E-state index in [1.807, 2.05) is 12.4 Å². The van der Waals surface area contributed by atoms with Crippen LogP contribution in [0.3, 0.4) is 0 Å². The average Bonchev–Trinajstić information content (AvgIpc) is 2.56. The van der Waals surface area contributed by atoms with Crippen LogP contribution in [0.25, 0.3) is 0 Å². The van der Waals surface area contributed by atoms with Crippen molar-refractivity contribution in [3.05, 3.63) is 18.5 Å². The summed E-state index contributed by atoms with van der Waals surface area (Å²) in [5.74, 6) is 0.760. The quantitative estimate of drug-likeness (QED) is 0.792. The highest BCUT2D eigenvalue weighted by Gasteiger charge is 2.19. The summed E-state index contributed by atoms with van der Waals surface area (Å²) in [5, 5.41) is 6.97. The molecule has 1 heterocycles. The van der Waals surface area contributed by atoms with Crippen LogP contribution in [0.4, 0.5) is 11.4 Å². The van der Waals surface area contributed by atoms with Crippen LogP contribution in [-0.4, -0.2) is 17.6 Å². The highest BCUT2D eigenvalue weighted by molar-refractivity contribution is 5.54. The molecule has 1 aromatic rings. The number of anilines is 2. The summed E-state index contributed by atoms with van der Waals surface area (Å²) < 4.78 is 0. The van der Waals surface area contributed by atoms with Gasteiger partial charge in [-0.1, -0.05) is 26.2 Å². The standard InChI is InChI=1S/C15H25N3/c1-3-17-13-9-14(11-16-10-13)18-15-8-6-4-5-7-12(15)2/h9-12,15,17-18H,3-8H2,1-2H3. The van der Waals surface area contributed by atoms with Crippen LogP contribution in [0.1, 0.15) is 46.0 Å². The minimum atomic E-state index is 0.603. The Morgan fingerprint density at radius 2 is 1.94 bits per heavy atom. The van der Waals surface area contributed by atoms with E-state index in [2.05, 4.69) is 35.5 Å². The van der Waals surface area contributed by atoms with Gasteiger partial charge in [0.2, 0.25) is 0 Å². The van der Waals surface area contributed by atoms with Crippen molar-refractivity contribution in [3.8, 4) is 0 Å². The van der Waals surface area contributed by atoms with Crippen molar-refractivity contribution in [1.29, 1.82) is 0 Å². The van der Waals surface area contributed by atoms with Gasteiger partial charge < -0.3 is 10.6 Å². The lowest BCUT2D eigenvalue weighted by atomic mass is 9.97. The lowest BCUT2D eigenvalue weighted by Gasteiger charge is -2.24. The van der Waals surface area contributed by atoms with Gasteiger partial charge in [-0.25, -0.2) is 0 Å². The number of nitrogens with zero attached hydrogens (tertiary/aromatic N) is 1. The molecule has 0 saturated heterocycles. The Balaban J connectivity index is 2.00. The van der Waals surface area contributed by atoms with Gasteiger partial charge in [-0.05, 0) is 31.7 Å². The number of hydrogen-bond donors (Lipinski definition) is 2. The molecule has 100 valence electrons. The second-order valence-electron chi connectivity index (χ2n) is 5.36. The van der Waals surface area contributed by atoms with Gasteiger partial charge in [0.25, 0.3) is 0 Å². The van der Waals surface area contributed by atoms with Gasteiger partial charge in [-0.2, -0.15) is 0 Å². The zero-order chi connectivity index (χ0) is 12.8. The van der Waals surface area contributed by atoms with Crippen LogP contribution in [0, 0.1) is 5.92 Å². The number of nitrogens with one attached hydrogen (secondary N) is 2. The first-order chi connectivity index (χ1) is 8.79. The lowest BCUT2D eigenvalue weighted by molar-refractivity contribution is 0.456. The molecule has 2 atom stereocenters. The van der Waals surface area contributed by atoms with Gasteiger partial charge >= 0.3 is 0 Å². The Morgan fingerprint density at radius 1 is 1.17 bits per heavy atom. The Morgan fingerprint density at radius 3 is 2.78 bits per heavy atom. The maximum Gasteiger partial charge on any atom is 0.0549 e. The molecule has 1 aliphatic carbocycles. The van der Waals surface area contributed by atoms with E-state index in [1.165, 1.54) is 32.1 Å². The van der Waals surface area contributed by atoms with Crippen LogP contribution in [0.5, 0.6) is 0 Å². The number of aromatic nitrogens is 1. The van der Waals surface area contributed by atoms with Gasteiger partial charge in [-0.15, -0.1) is 0 Å². The van der Waals surface area contributed by atoms with Crippen LogP contribution >= 0.6 is 0 Å². The van der Waals surface area contributed by atoms with Crippen LogP contribution < -0.4 is 10.6 Å². The summed E-state index contributed by atoms with van der Waals surface area (Å²) in [6, 6.07) is 2.76. The summed E-state index contributed by atoms with van der Waals surface area (Å²) in [6.07, 6.45) is 10.6. The van der Waals surface area contributed by atoms with Gasteiger partial charge in [-0.3, -0.25) is 4.98 Å². The first-order valence-corrected chi connectivity index (χ1v) is 7.25. The number of hydrogen-bond acceptors (Lipinski definition) is 3. The molecular weight excluding hydrogens is 222 g/mol.